The predicted octanol–water partition coefficient (Wildman–Crippen LogP) is 2.43. The first-order valence-corrected chi connectivity index (χ1v) is 5.46. The molecule has 0 fully saturated rings. The van der Waals surface area contributed by atoms with Crippen LogP contribution in [0.3, 0.4) is 0 Å². The third kappa shape index (κ3) is 3.96. The van der Waals surface area contributed by atoms with Crippen LogP contribution in [-0.4, -0.2) is 38.4 Å². The molecule has 0 N–H and O–H groups in total. The lowest BCUT2D eigenvalue weighted by atomic mass is 9.94. The largest absolute Gasteiger partial charge is 0.415 e. The monoisotopic (exact) mass is 264 g/mol. The summed E-state index contributed by atoms with van der Waals surface area (Å²) in [5.74, 6) is -0.382. The Morgan fingerprint density at radius 2 is 2.11 bits per heavy atom. The number of ether oxygens (including phenoxy) is 2. The van der Waals surface area contributed by atoms with Gasteiger partial charge in [-0.05, 0) is 19.4 Å². The van der Waals surface area contributed by atoms with E-state index in [1.807, 2.05) is 0 Å². The molecule has 1 aliphatic carbocycles. The van der Waals surface area contributed by atoms with Crippen molar-refractivity contribution in [2.75, 3.05) is 20.3 Å². The van der Waals surface area contributed by atoms with Crippen LogP contribution in [0.25, 0.3) is 0 Å². The molecule has 0 aliphatic heterocycles. The zero-order valence-corrected chi connectivity index (χ0v) is 10.2. The number of allylic oxidation sites excluding steroid dienone is 2. The summed E-state index contributed by atoms with van der Waals surface area (Å²) in [5.41, 5.74) is -0.736. The topological polar surface area (TPSA) is 35.5 Å². The van der Waals surface area contributed by atoms with Crippen LogP contribution in [0.15, 0.2) is 23.3 Å². The second-order valence-electron chi connectivity index (χ2n) is 3.90. The maximum Gasteiger partial charge on any atom is 0.415 e. The van der Waals surface area contributed by atoms with Gasteiger partial charge < -0.3 is 9.47 Å². The maximum atomic E-state index is 12.8. The molecular formula is C12H15F3O3. The zero-order valence-electron chi connectivity index (χ0n) is 10.2. The maximum absolute atomic E-state index is 12.8. The van der Waals surface area contributed by atoms with E-state index in [1.54, 1.807) is 0 Å². The number of rotatable bonds is 5. The van der Waals surface area contributed by atoms with Crippen LogP contribution < -0.4 is 0 Å². The van der Waals surface area contributed by atoms with Crippen LogP contribution in [0.2, 0.25) is 0 Å². The number of ketones is 1. The Balaban J connectivity index is 2.83. The van der Waals surface area contributed by atoms with Crippen molar-refractivity contribution in [1.29, 1.82) is 0 Å². The number of carbonyl (C=O) groups excluding carboxylic acids is 1. The Morgan fingerprint density at radius 3 is 2.61 bits per heavy atom. The third-order valence-corrected chi connectivity index (χ3v) is 2.55. The SMILES string of the molecule is COCCOC1CC=C(C(C)=O)C=C1C(F)(F)F. The van der Waals surface area contributed by atoms with E-state index in [0.29, 0.717) is 0 Å². The van der Waals surface area contributed by atoms with Crippen LogP contribution in [0.1, 0.15) is 13.3 Å². The zero-order chi connectivity index (χ0) is 13.8. The molecule has 0 amide bonds. The summed E-state index contributed by atoms with van der Waals surface area (Å²) < 4.78 is 48.3. The van der Waals surface area contributed by atoms with E-state index in [2.05, 4.69) is 0 Å². The molecular weight excluding hydrogens is 249 g/mol. The van der Waals surface area contributed by atoms with E-state index in [1.165, 1.54) is 20.1 Å². The Hall–Kier alpha value is -1.14. The minimum absolute atomic E-state index is 0.0456. The van der Waals surface area contributed by atoms with Gasteiger partial charge in [-0.25, -0.2) is 0 Å². The van der Waals surface area contributed by atoms with Gasteiger partial charge in [0.15, 0.2) is 5.78 Å². The molecule has 0 saturated carbocycles. The molecule has 1 atom stereocenters. The summed E-state index contributed by atoms with van der Waals surface area (Å²) in [4.78, 5) is 11.1. The number of Topliss-reactive ketones (excluding diaryl/α,β-unsaturated/α-hetero) is 1. The number of hydrogen-bond donors (Lipinski definition) is 0. The summed E-state index contributed by atoms with van der Waals surface area (Å²) in [6.07, 6.45) is -3.18. The number of halogens is 3. The lowest BCUT2D eigenvalue weighted by Crippen LogP contribution is -2.30. The van der Waals surface area contributed by atoms with Gasteiger partial charge in [-0.3, -0.25) is 4.79 Å². The lowest BCUT2D eigenvalue weighted by molar-refractivity contribution is -0.115. The van der Waals surface area contributed by atoms with Crippen molar-refractivity contribution < 1.29 is 27.4 Å². The predicted molar refractivity (Wildman–Crippen MR) is 59.1 cm³/mol. The van der Waals surface area contributed by atoms with Gasteiger partial charge in [0.1, 0.15) is 0 Å². The smallest absolute Gasteiger partial charge is 0.382 e. The van der Waals surface area contributed by atoms with Crippen molar-refractivity contribution in [3.05, 3.63) is 23.3 Å². The second kappa shape index (κ2) is 6.15. The molecule has 102 valence electrons. The fourth-order valence-electron chi connectivity index (χ4n) is 1.62. The van der Waals surface area contributed by atoms with Crippen LogP contribution in [-0.2, 0) is 14.3 Å². The molecule has 1 unspecified atom stereocenters. The molecule has 0 saturated heterocycles. The van der Waals surface area contributed by atoms with Crippen LogP contribution in [0, 0.1) is 0 Å². The molecule has 6 heteroatoms. The van der Waals surface area contributed by atoms with Crippen molar-refractivity contribution in [3.8, 4) is 0 Å². The Labute approximate surface area is 103 Å². The van der Waals surface area contributed by atoms with Crippen molar-refractivity contribution in [2.45, 2.75) is 25.6 Å². The third-order valence-electron chi connectivity index (χ3n) is 2.55. The average molecular weight is 264 g/mol. The van der Waals surface area contributed by atoms with Gasteiger partial charge >= 0.3 is 6.18 Å². The van der Waals surface area contributed by atoms with Crippen molar-refractivity contribution in [1.82, 2.24) is 0 Å². The first-order chi connectivity index (χ1) is 8.36. The molecule has 1 aliphatic rings. The van der Waals surface area contributed by atoms with Crippen molar-refractivity contribution >= 4 is 5.78 Å². The van der Waals surface area contributed by atoms with Crippen molar-refractivity contribution in [2.24, 2.45) is 0 Å². The molecule has 18 heavy (non-hydrogen) atoms. The molecule has 0 aromatic rings. The summed E-state index contributed by atoms with van der Waals surface area (Å²) >= 11 is 0. The molecule has 0 aromatic heterocycles. The Morgan fingerprint density at radius 1 is 1.44 bits per heavy atom. The van der Waals surface area contributed by atoms with Crippen LogP contribution in [0.4, 0.5) is 13.2 Å². The first-order valence-electron chi connectivity index (χ1n) is 5.46. The Bertz CT molecular complexity index is 369. The van der Waals surface area contributed by atoms with E-state index in [-0.39, 0.29) is 31.0 Å². The average Bonchev–Trinajstić information content (AvgIpc) is 2.28. The minimum Gasteiger partial charge on any atom is -0.382 e. The molecule has 0 heterocycles. The highest BCUT2D eigenvalue weighted by molar-refractivity contribution is 5.96. The number of carbonyl (C=O) groups is 1. The molecule has 0 spiro atoms. The fourth-order valence-corrected chi connectivity index (χ4v) is 1.62. The normalized spacial score (nSPS) is 20.4. The summed E-state index contributed by atoms with van der Waals surface area (Å²) in [7, 11) is 1.44. The highest BCUT2D eigenvalue weighted by atomic mass is 19.4. The quantitative estimate of drug-likeness (QED) is 0.715. The molecule has 0 aromatic carbocycles. The fraction of sp³-hybridized carbons (Fsp3) is 0.583. The summed E-state index contributed by atoms with van der Waals surface area (Å²) in [6, 6.07) is 0. The standard InChI is InChI=1S/C12H15F3O3/c1-8(16)9-3-4-11(18-6-5-17-2)10(7-9)12(13,14)15/h3,7,11H,4-6H2,1-2H3. The number of hydrogen-bond acceptors (Lipinski definition) is 3. The Kier molecular flexibility index (Phi) is 5.10. The second-order valence-corrected chi connectivity index (χ2v) is 3.90. The van der Waals surface area contributed by atoms with E-state index in [0.717, 1.165) is 6.08 Å². The number of methoxy groups -OCH3 is 1. The van der Waals surface area contributed by atoms with Crippen LogP contribution >= 0.6 is 0 Å². The van der Waals surface area contributed by atoms with Gasteiger partial charge in [-0.15, -0.1) is 0 Å². The highest BCUT2D eigenvalue weighted by Crippen LogP contribution is 2.34. The van der Waals surface area contributed by atoms with E-state index < -0.39 is 17.9 Å². The molecule has 1 rings (SSSR count). The van der Waals surface area contributed by atoms with Gasteiger partial charge in [0.25, 0.3) is 0 Å². The van der Waals surface area contributed by atoms with Crippen molar-refractivity contribution in [3.63, 3.8) is 0 Å². The first kappa shape index (κ1) is 14.9. The lowest BCUT2D eigenvalue weighted by Gasteiger charge is -2.25. The van der Waals surface area contributed by atoms with Gasteiger partial charge in [0.2, 0.25) is 0 Å². The van der Waals surface area contributed by atoms with Crippen LogP contribution in [0.5, 0.6) is 0 Å². The molecule has 3 nitrogen and oxygen atoms in total. The van der Waals surface area contributed by atoms with E-state index in [4.69, 9.17) is 9.47 Å². The van der Waals surface area contributed by atoms with E-state index >= 15 is 0 Å². The highest BCUT2D eigenvalue weighted by Gasteiger charge is 2.40. The number of alkyl halides is 3. The summed E-state index contributed by atoms with van der Waals surface area (Å²) in [6.45, 7) is 1.55. The van der Waals surface area contributed by atoms with E-state index in [9.17, 15) is 18.0 Å². The van der Waals surface area contributed by atoms with Gasteiger partial charge in [0, 0.05) is 12.7 Å². The molecule has 0 bridgehead atoms. The minimum atomic E-state index is -4.49. The molecule has 0 radical (unpaired) electrons. The van der Waals surface area contributed by atoms with Gasteiger partial charge in [-0.2, -0.15) is 13.2 Å². The summed E-state index contributed by atoms with van der Waals surface area (Å²) in [5, 5.41) is 0. The van der Waals surface area contributed by atoms with Gasteiger partial charge in [-0.1, -0.05) is 6.08 Å². The van der Waals surface area contributed by atoms with Gasteiger partial charge in [0.05, 0.1) is 24.9 Å².